The summed E-state index contributed by atoms with van der Waals surface area (Å²) in [6.07, 6.45) is 3.43. The highest BCUT2D eigenvalue weighted by atomic mass is 32.1. The summed E-state index contributed by atoms with van der Waals surface area (Å²) in [5.74, 6) is 0.586. The van der Waals surface area contributed by atoms with Crippen molar-refractivity contribution in [2.24, 2.45) is 0 Å². The minimum absolute atomic E-state index is 0.0391. The van der Waals surface area contributed by atoms with Gasteiger partial charge in [-0.25, -0.2) is 14.8 Å². The quantitative estimate of drug-likeness (QED) is 0.696. The molecule has 0 radical (unpaired) electrons. The maximum atomic E-state index is 12.0. The van der Waals surface area contributed by atoms with E-state index in [1.807, 2.05) is 0 Å². The fraction of sp³-hybridized carbons (Fsp3) is 0.400. The number of nitrogens with one attached hydrogen (secondary N) is 1. The molecule has 0 aromatic carbocycles. The van der Waals surface area contributed by atoms with Crippen LogP contribution in [0.4, 0.5) is 0 Å². The second-order valence-corrected chi connectivity index (χ2v) is 4.86. The molecule has 0 spiro atoms. The summed E-state index contributed by atoms with van der Waals surface area (Å²) in [5, 5.41) is 0.0391. The molecule has 2 aromatic heterocycles. The van der Waals surface area contributed by atoms with Crippen LogP contribution in [0.2, 0.25) is 0 Å². The van der Waals surface area contributed by atoms with Gasteiger partial charge in [0.15, 0.2) is 11.2 Å². The summed E-state index contributed by atoms with van der Waals surface area (Å²) < 4.78 is 1.11. The van der Waals surface area contributed by atoms with Gasteiger partial charge in [0.1, 0.15) is 0 Å². The number of fused-ring (bicyclic) bond motifs is 1. The Bertz CT molecular complexity index is 667. The summed E-state index contributed by atoms with van der Waals surface area (Å²) in [7, 11) is 0. The summed E-state index contributed by atoms with van der Waals surface area (Å²) in [5.41, 5.74) is -0.534. The van der Waals surface area contributed by atoms with Crippen LogP contribution in [-0.2, 0) is 6.54 Å². The molecule has 18 heavy (non-hydrogen) atoms. The van der Waals surface area contributed by atoms with E-state index in [4.69, 9.17) is 0 Å². The number of hydrogen-bond donors (Lipinski definition) is 3. The normalized spacial score (nSPS) is 12.8. The Hall–Kier alpha value is -1.28. The molecule has 2 heterocycles. The molecule has 0 saturated heterocycles. The summed E-state index contributed by atoms with van der Waals surface area (Å²) in [6, 6.07) is 0. The Morgan fingerprint density at radius 1 is 1.33 bits per heavy atom. The zero-order valence-electron chi connectivity index (χ0n) is 9.41. The molecule has 0 fully saturated rings. The van der Waals surface area contributed by atoms with Crippen molar-refractivity contribution in [3.05, 3.63) is 33.2 Å². The average Bonchev–Trinajstić information content (AvgIpc) is 2.38. The molecule has 2 aromatic rings. The molecule has 0 aliphatic rings. The maximum absolute atomic E-state index is 12.0. The summed E-state index contributed by atoms with van der Waals surface area (Å²) >= 11 is 8.37. The lowest BCUT2D eigenvalue weighted by molar-refractivity contribution is 0.597. The number of hydrogen-bond acceptors (Lipinski definition) is 6. The Morgan fingerprint density at radius 3 is 2.78 bits per heavy atom. The van der Waals surface area contributed by atoms with Crippen molar-refractivity contribution in [1.82, 2.24) is 19.5 Å². The van der Waals surface area contributed by atoms with E-state index in [0.29, 0.717) is 12.2 Å². The van der Waals surface area contributed by atoms with Gasteiger partial charge in [-0.1, -0.05) is 0 Å². The molecule has 8 heteroatoms. The fourth-order valence-corrected chi connectivity index (χ4v) is 1.85. The standard InChI is InChI=1S/C10H12N4O2S2/c15-9-7-8(12-3-2-11-7)13-10(16)14(9)4-1-6(18)5-17/h2-3,6,17-18H,1,4-5H2,(H,12,13,16)/t6-/m1/s1. The van der Waals surface area contributed by atoms with Crippen LogP contribution in [0.1, 0.15) is 6.42 Å². The van der Waals surface area contributed by atoms with Gasteiger partial charge in [-0.3, -0.25) is 14.3 Å². The third-order valence-electron chi connectivity index (χ3n) is 2.51. The lowest BCUT2D eigenvalue weighted by atomic mass is 10.3. The van der Waals surface area contributed by atoms with Gasteiger partial charge in [0, 0.05) is 29.9 Å². The molecule has 0 bridgehead atoms. The minimum Gasteiger partial charge on any atom is -0.290 e. The van der Waals surface area contributed by atoms with Crippen molar-refractivity contribution in [2.75, 3.05) is 5.75 Å². The molecule has 0 amide bonds. The molecule has 0 unspecified atom stereocenters. The first-order valence-electron chi connectivity index (χ1n) is 5.36. The van der Waals surface area contributed by atoms with Crippen molar-refractivity contribution in [1.29, 1.82) is 0 Å². The van der Waals surface area contributed by atoms with Crippen LogP contribution in [-0.4, -0.2) is 30.5 Å². The van der Waals surface area contributed by atoms with Crippen LogP contribution >= 0.6 is 25.3 Å². The Labute approximate surface area is 113 Å². The average molecular weight is 284 g/mol. The Balaban J connectivity index is 2.45. The first-order valence-corrected chi connectivity index (χ1v) is 6.51. The lowest BCUT2D eigenvalue weighted by Crippen LogP contribution is -2.36. The third kappa shape index (κ3) is 2.59. The van der Waals surface area contributed by atoms with E-state index in [2.05, 4.69) is 40.2 Å². The molecule has 1 atom stereocenters. The highest BCUT2D eigenvalue weighted by Crippen LogP contribution is 2.04. The van der Waals surface area contributed by atoms with Crippen LogP contribution in [0, 0.1) is 0 Å². The van der Waals surface area contributed by atoms with Gasteiger partial charge in [0.2, 0.25) is 0 Å². The number of rotatable bonds is 4. The van der Waals surface area contributed by atoms with Gasteiger partial charge in [-0.2, -0.15) is 25.3 Å². The Morgan fingerprint density at radius 2 is 2.06 bits per heavy atom. The van der Waals surface area contributed by atoms with Crippen molar-refractivity contribution < 1.29 is 0 Å². The number of thiol groups is 2. The molecule has 2 rings (SSSR count). The molecule has 96 valence electrons. The SMILES string of the molecule is O=c1[nH]c2nccnc2c(=O)n1CC[C@@H](S)CS. The topological polar surface area (TPSA) is 80.6 Å². The van der Waals surface area contributed by atoms with Crippen LogP contribution in [0.15, 0.2) is 22.0 Å². The van der Waals surface area contributed by atoms with E-state index in [1.165, 1.54) is 12.4 Å². The van der Waals surface area contributed by atoms with Crippen molar-refractivity contribution >= 4 is 36.4 Å². The van der Waals surface area contributed by atoms with E-state index in [9.17, 15) is 9.59 Å². The van der Waals surface area contributed by atoms with Crippen molar-refractivity contribution in [3.63, 3.8) is 0 Å². The van der Waals surface area contributed by atoms with E-state index < -0.39 is 11.2 Å². The van der Waals surface area contributed by atoms with Crippen LogP contribution in [0.3, 0.4) is 0 Å². The number of nitrogens with zero attached hydrogens (tertiary/aromatic N) is 3. The van der Waals surface area contributed by atoms with Crippen molar-refractivity contribution in [2.45, 2.75) is 18.2 Å². The van der Waals surface area contributed by atoms with E-state index in [-0.39, 0.29) is 23.0 Å². The Kier molecular flexibility index (Phi) is 4.07. The smallest absolute Gasteiger partial charge is 0.290 e. The molecule has 1 N–H and O–H groups in total. The molecular weight excluding hydrogens is 272 g/mol. The predicted molar refractivity (Wildman–Crippen MR) is 75.7 cm³/mol. The first kappa shape index (κ1) is 13.2. The summed E-state index contributed by atoms with van der Waals surface area (Å²) in [4.78, 5) is 34.2. The number of aromatic nitrogens is 4. The predicted octanol–water partition coefficient (Wildman–Crippen LogP) is 0.0981. The van der Waals surface area contributed by atoms with E-state index in [0.717, 1.165) is 4.57 Å². The largest absolute Gasteiger partial charge is 0.330 e. The second kappa shape index (κ2) is 5.57. The van der Waals surface area contributed by atoms with Crippen LogP contribution < -0.4 is 11.2 Å². The minimum atomic E-state index is -0.479. The van der Waals surface area contributed by atoms with E-state index in [1.54, 1.807) is 0 Å². The van der Waals surface area contributed by atoms with Gasteiger partial charge < -0.3 is 0 Å². The van der Waals surface area contributed by atoms with Crippen LogP contribution in [0.5, 0.6) is 0 Å². The number of aromatic amines is 1. The molecule has 0 aliphatic carbocycles. The second-order valence-electron chi connectivity index (χ2n) is 3.77. The highest BCUT2D eigenvalue weighted by molar-refractivity contribution is 7.84. The first-order chi connectivity index (χ1) is 8.63. The summed E-state index contributed by atoms with van der Waals surface area (Å²) in [6.45, 7) is 0.287. The maximum Gasteiger partial charge on any atom is 0.330 e. The fourth-order valence-electron chi connectivity index (χ4n) is 1.55. The molecule has 0 saturated carbocycles. The van der Waals surface area contributed by atoms with Gasteiger partial charge in [0.05, 0.1) is 0 Å². The lowest BCUT2D eigenvalue weighted by Gasteiger charge is -2.08. The monoisotopic (exact) mass is 284 g/mol. The van der Waals surface area contributed by atoms with Gasteiger partial charge in [-0.15, -0.1) is 0 Å². The molecular formula is C10H12N4O2S2. The molecule has 6 nitrogen and oxygen atoms in total. The van der Waals surface area contributed by atoms with Gasteiger partial charge >= 0.3 is 5.69 Å². The van der Waals surface area contributed by atoms with Gasteiger partial charge in [-0.05, 0) is 6.42 Å². The van der Waals surface area contributed by atoms with Gasteiger partial charge in [0.25, 0.3) is 5.56 Å². The highest BCUT2D eigenvalue weighted by Gasteiger charge is 2.10. The van der Waals surface area contributed by atoms with Crippen LogP contribution in [0.25, 0.3) is 11.2 Å². The number of H-pyrrole nitrogens is 1. The molecule has 0 aliphatic heterocycles. The zero-order valence-corrected chi connectivity index (χ0v) is 11.2. The third-order valence-corrected chi connectivity index (χ3v) is 3.68. The zero-order chi connectivity index (χ0) is 13.1. The van der Waals surface area contributed by atoms with Crippen molar-refractivity contribution in [3.8, 4) is 0 Å². The van der Waals surface area contributed by atoms with E-state index >= 15 is 0 Å².